The molecule has 0 aliphatic heterocycles. The number of benzene rings is 1. The van der Waals surface area contributed by atoms with Gasteiger partial charge in [0.05, 0.1) is 7.11 Å². The van der Waals surface area contributed by atoms with Crippen LogP contribution in [0.2, 0.25) is 0 Å². The molecule has 0 saturated heterocycles. The van der Waals surface area contributed by atoms with Gasteiger partial charge in [-0.05, 0) is 43.5 Å². The van der Waals surface area contributed by atoms with Crippen LogP contribution in [0.5, 0.6) is 5.75 Å². The minimum absolute atomic E-state index is 0.276. The summed E-state index contributed by atoms with van der Waals surface area (Å²) >= 11 is 0. The summed E-state index contributed by atoms with van der Waals surface area (Å²) in [4.78, 5) is 0. The summed E-state index contributed by atoms with van der Waals surface area (Å²) in [6.45, 7) is 0.927. The minimum Gasteiger partial charge on any atom is -0.494 e. The molecule has 0 spiro atoms. The van der Waals surface area contributed by atoms with E-state index in [2.05, 4.69) is 5.32 Å². The quantitative estimate of drug-likeness (QED) is 0.802. The van der Waals surface area contributed by atoms with E-state index in [9.17, 15) is 4.39 Å². The van der Waals surface area contributed by atoms with Gasteiger partial charge in [-0.2, -0.15) is 0 Å². The Kier molecular flexibility index (Phi) is 3.21. The zero-order valence-corrected chi connectivity index (χ0v) is 8.92. The van der Waals surface area contributed by atoms with Gasteiger partial charge in [-0.15, -0.1) is 0 Å². The highest BCUT2D eigenvalue weighted by atomic mass is 19.1. The van der Waals surface area contributed by atoms with Gasteiger partial charge in [-0.1, -0.05) is 6.07 Å². The Bertz CT molecular complexity index is 336. The van der Waals surface area contributed by atoms with Crippen LogP contribution in [0.25, 0.3) is 0 Å². The predicted octanol–water partition coefficient (Wildman–Crippen LogP) is 2.13. The normalized spacial score (nSPS) is 15.3. The average Bonchev–Trinajstić information content (AvgIpc) is 3.02. The summed E-state index contributed by atoms with van der Waals surface area (Å²) < 4.78 is 18.2. The van der Waals surface area contributed by atoms with Crippen LogP contribution in [0, 0.1) is 5.82 Å². The van der Waals surface area contributed by atoms with Gasteiger partial charge in [0, 0.05) is 6.04 Å². The van der Waals surface area contributed by atoms with Crippen molar-refractivity contribution in [2.24, 2.45) is 0 Å². The molecule has 0 amide bonds. The predicted molar refractivity (Wildman–Crippen MR) is 57.7 cm³/mol. The lowest BCUT2D eigenvalue weighted by atomic mass is 10.1. The van der Waals surface area contributed by atoms with Crippen molar-refractivity contribution < 1.29 is 9.13 Å². The SMILES string of the molecule is COc1ccc(CCNC2CC2)cc1F. The number of methoxy groups -OCH3 is 1. The smallest absolute Gasteiger partial charge is 0.165 e. The molecule has 1 aliphatic carbocycles. The van der Waals surface area contributed by atoms with E-state index in [0.29, 0.717) is 11.8 Å². The van der Waals surface area contributed by atoms with Crippen molar-refractivity contribution in [1.82, 2.24) is 5.32 Å². The molecule has 0 atom stereocenters. The lowest BCUT2D eigenvalue weighted by Crippen LogP contribution is -2.19. The zero-order valence-electron chi connectivity index (χ0n) is 8.92. The summed E-state index contributed by atoms with van der Waals surface area (Å²) in [5, 5.41) is 3.40. The van der Waals surface area contributed by atoms with E-state index in [1.54, 1.807) is 12.1 Å². The maximum Gasteiger partial charge on any atom is 0.165 e. The van der Waals surface area contributed by atoms with Crippen molar-refractivity contribution in [1.29, 1.82) is 0 Å². The minimum atomic E-state index is -0.276. The molecule has 15 heavy (non-hydrogen) atoms. The molecular weight excluding hydrogens is 193 g/mol. The first-order valence-corrected chi connectivity index (χ1v) is 5.35. The third-order valence-corrected chi connectivity index (χ3v) is 2.64. The number of hydrogen-bond donors (Lipinski definition) is 1. The zero-order chi connectivity index (χ0) is 10.7. The third kappa shape index (κ3) is 2.93. The van der Waals surface area contributed by atoms with Gasteiger partial charge < -0.3 is 10.1 Å². The Morgan fingerprint density at radius 2 is 2.27 bits per heavy atom. The first kappa shape index (κ1) is 10.4. The van der Waals surface area contributed by atoms with E-state index in [0.717, 1.165) is 18.5 Å². The number of halogens is 1. The topological polar surface area (TPSA) is 21.3 Å². The van der Waals surface area contributed by atoms with Gasteiger partial charge in [0.2, 0.25) is 0 Å². The molecule has 1 saturated carbocycles. The van der Waals surface area contributed by atoms with Gasteiger partial charge in [0.25, 0.3) is 0 Å². The van der Waals surface area contributed by atoms with Gasteiger partial charge in [-0.25, -0.2) is 4.39 Å². The summed E-state index contributed by atoms with van der Waals surface area (Å²) in [5.74, 6) is 0.0373. The van der Waals surface area contributed by atoms with Crippen molar-refractivity contribution in [3.05, 3.63) is 29.6 Å². The maximum atomic E-state index is 13.3. The van der Waals surface area contributed by atoms with Crippen LogP contribution in [0.4, 0.5) is 4.39 Å². The lowest BCUT2D eigenvalue weighted by Gasteiger charge is -2.05. The molecule has 1 aromatic carbocycles. The monoisotopic (exact) mass is 209 g/mol. The molecule has 0 heterocycles. The average molecular weight is 209 g/mol. The molecule has 0 bridgehead atoms. The molecule has 0 unspecified atom stereocenters. The van der Waals surface area contributed by atoms with Gasteiger partial charge >= 0.3 is 0 Å². The second kappa shape index (κ2) is 4.62. The van der Waals surface area contributed by atoms with Gasteiger partial charge in [0.15, 0.2) is 11.6 Å². The van der Waals surface area contributed by atoms with Gasteiger partial charge in [-0.3, -0.25) is 0 Å². The lowest BCUT2D eigenvalue weighted by molar-refractivity contribution is 0.386. The summed E-state index contributed by atoms with van der Waals surface area (Å²) in [5.41, 5.74) is 1.02. The molecule has 1 fully saturated rings. The van der Waals surface area contributed by atoms with E-state index in [-0.39, 0.29) is 5.82 Å². The van der Waals surface area contributed by atoms with Crippen molar-refractivity contribution >= 4 is 0 Å². The highest BCUT2D eigenvalue weighted by molar-refractivity contribution is 5.29. The fourth-order valence-corrected chi connectivity index (χ4v) is 1.57. The number of rotatable bonds is 5. The first-order chi connectivity index (χ1) is 7.29. The molecule has 1 N–H and O–H groups in total. The summed E-state index contributed by atoms with van der Waals surface area (Å²) in [7, 11) is 1.48. The molecule has 1 aromatic rings. The third-order valence-electron chi connectivity index (χ3n) is 2.64. The fraction of sp³-hybridized carbons (Fsp3) is 0.500. The van der Waals surface area contributed by atoms with Crippen LogP contribution >= 0.6 is 0 Å². The molecule has 3 heteroatoms. The van der Waals surface area contributed by atoms with Crippen molar-refractivity contribution in [2.45, 2.75) is 25.3 Å². The van der Waals surface area contributed by atoms with Crippen molar-refractivity contribution in [3.8, 4) is 5.75 Å². The van der Waals surface area contributed by atoms with Crippen LogP contribution in [-0.4, -0.2) is 19.7 Å². The highest BCUT2D eigenvalue weighted by Crippen LogP contribution is 2.19. The maximum absolute atomic E-state index is 13.3. The molecule has 0 radical (unpaired) electrons. The van der Waals surface area contributed by atoms with Crippen LogP contribution in [-0.2, 0) is 6.42 Å². The number of nitrogens with one attached hydrogen (secondary N) is 1. The fourth-order valence-electron chi connectivity index (χ4n) is 1.57. The van der Waals surface area contributed by atoms with Crippen LogP contribution in [0.1, 0.15) is 18.4 Å². The molecule has 1 aliphatic rings. The van der Waals surface area contributed by atoms with Crippen LogP contribution in [0.3, 0.4) is 0 Å². The van der Waals surface area contributed by atoms with Crippen molar-refractivity contribution in [2.75, 3.05) is 13.7 Å². The second-order valence-electron chi connectivity index (χ2n) is 3.95. The second-order valence-corrected chi connectivity index (χ2v) is 3.95. The van der Waals surface area contributed by atoms with Crippen LogP contribution in [0.15, 0.2) is 18.2 Å². The molecule has 82 valence electrons. The number of ether oxygens (including phenoxy) is 1. The van der Waals surface area contributed by atoms with E-state index in [4.69, 9.17) is 4.74 Å². The van der Waals surface area contributed by atoms with Crippen LogP contribution < -0.4 is 10.1 Å². The Morgan fingerprint density at radius 1 is 1.47 bits per heavy atom. The molecule has 2 nitrogen and oxygen atoms in total. The Labute approximate surface area is 89.4 Å². The standard InChI is InChI=1S/C12H16FNO/c1-15-12-5-2-9(8-11(12)13)6-7-14-10-3-4-10/h2,5,8,10,14H,3-4,6-7H2,1H3. The molecule has 0 aromatic heterocycles. The van der Waals surface area contributed by atoms with Gasteiger partial charge in [0.1, 0.15) is 0 Å². The van der Waals surface area contributed by atoms with E-state index in [1.165, 1.54) is 20.0 Å². The summed E-state index contributed by atoms with van der Waals surface area (Å²) in [6, 6.07) is 5.86. The van der Waals surface area contributed by atoms with E-state index < -0.39 is 0 Å². The number of hydrogen-bond acceptors (Lipinski definition) is 2. The van der Waals surface area contributed by atoms with Crippen molar-refractivity contribution in [3.63, 3.8) is 0 Å². The Hall–Kier alpha value is -1.09. The Morgan fingerprint density at radius 3 is 2.87 bits per heavy atom. The summed E-state index contributed by atoms with van der Waals surface area (Å²) in [6.07, 6.45) is 3.45. The van der Waals surface area contributed by atoms with E-state index in [1.807, 2.05) is 6.07 Å². The molecular formula is C12H16FNO. The highest BCUT2D eigenvalue weighted by Gasteiger charge is 2.19. The first-order valence-electron chi connectivity index (χ1n) is 5.35. The van der Waals surface area contributed by atoms with E-state index >= 15 is 0 Å². The largest absolute Gasteiger partial charge is 0.494 e. The molecule has 2 rings (SSSR count). The Balaban J connectivity index is 1.87.